The van der Waals surface area contributed by atoms with Crippen LogP contribution in [0.5, 0.6) is 0 Å². The topological polar surface area (TPSA) is 112 Å². The minimum atomic E-state index is -4.39. The van der Waals surface area contributed by atoms with Crippen molar-refractivity contribution in [1.29, 1.82) is 0 Å². The van der Waals surface area contributed by atoms with Gasteiger partial charge in [-0.25, -0.2) is 0 Å². The molecule has 4 aliphatic rings. The van der Waals surface area contributed by atoms with Gasteiger partial charge in [0.15, 0.2) is 0 Å². The van der Waals surface area contributed by atoms with E-state index < -0.39 is 34.7 Å². The molecule has 6 rings (SSSR count). The number of nitrogens with one attached hydrogen (secondary N) is 1. The number of hydrogen-bond donors (Lipinski definition) is 2. The molecule has 5 heterocycles. The van der Waals surface area contributed by atoms with Crippen LogP contribution in [0.4, 0.5) is 13.2 Å². The van der Waals surface area contributed by atoms with E-state index in [4.69, 9.17) is 9.72 Å². The maximum Gasteiger partial charge on any atom is 0.416 e. The van der Waals surface area contributed by atoms with Gasteiger partial charge in [-0.3, -0.25) is 29.6 Å². The second kappa shape index (κ2) is 10.2. The molecule has 0 saturated carbocycles. The Bertz CT molecular complexity index is 1380. The molecule has 41 heavy (non-hydrogen) atoms. The lowest BCUT2D eigenvalue weighted by molar-refractivity contribution is -0.182. The van der Waals surface area contributed by atoms with Crippen molar-refractivity contribution in [3.8, 4) is 0 Å². The third kappa shape index (κ3) is 4.91. The predicted octanol–water partition coefficient (Wildman–Crippen LogP) is 2.75. The van der Waals surface area contributed by atoms with Gasteiger partial charge in [-0.15, -0.1) is 0 Å². The van der Waals surface area contributed by atoms with Gasteiger partial charge in [0.05, 0.1) is 29.1 Å². The maximum atomic E-state index is 13.2. The molecule has 2 aromatic rings. The first-order valence-electron chi connectivity index (χ1n) is 13.8. The van der Waals surface area contributed by atoms with Crippen LogP contribution in [-0.4, -0.2) is 70.0 Å². The SMILES string of the molecule is O=C1CCC(N2Cc3nc(C4(O)CCN(Cc5ccc(C(F)(F)F)cc5)CC45CCOCC5)ccc3C2=O)C(=O)N1. The number of alkyl halides is 3. The molecular weight excluding hydrogens is 541 g/mol. The van der Waals surface area contributed by atoms with Gasteiger partial charge < -0.3 is 14.7 Å². The van der Waals surface area contributed by atoms with Crippen LogP contribution >= 0.6 is 0 Å². The minimum absolute atomic E-state index is 0.112. The summed E-state index contributed by atoms with van der Waals surface area (Å²) in [5, 5.41) is 14.6. The molecule has 0 bridgehead atoms. The summed E-state index contributed by atoms with van der Waals surface area (Å²) in [7, 11) is 0. The van der Waals surface area contributed by atoms with Crippen molar-refractivity contribution in [2.75, 3.05) is 26.3 Å². The molecule has 3 amide bonds. The molecule has 3 saturated heterocycles. The van der Waals surface area contributed by atoms with Crippen molar-refractivity contribution >= 4 is 17.7 Å². The first-order valence-corrected chi connectivity index (χ1v) is 13.8. The number of imide groups is 1. The number of fused-ring (bicyclic) bond motifs is 1. The van der Waals surface area contributed by atoms with Gasteiger partial charge in [0.1, 0.15) is 11.6 Å². The number of likely N-dealkylation sites (tertiary alicyclic amines) is 1. The van der Waals surface area contributed by atoms with E-state index in [0.717, 1.165) is 17.7 Å². The Balaban J connectivity index is 1.24. The van der Waals surface area contributed by atoms with Gasteiger partial charge in [-0.05, 0) is 55.5 Å². The molecule has 2 unspecified atom stereocenters. The summed E-state index contributed by atoms with van der Waals surface area (Å²) < 4.78 is 44.7. The lowest BCUT2D eigenvalue weighted by atomic mass is 9.61. The largest absolute Gasteiger partial charge is 0.416 e. The highest BCUT2D eigenvalue weighted by Gasteiger charge is 2.56. The Morgan fingerprint density at radius 2 is 1.78 bits per heavy atom. The van der Waals surface area contributed by atoms with E-state index >= 15 is 0 Å². The van der Waals surface area contributed by atoms with Crippen molar-refractivity contribution in [1.82, 2.24) is 20.1 Å². The highest BCUT2D eigenvalue weighted by molar-refractivity contribution is 6.05. The van der Waals surface area contributed by atoms with Crippen molar-refractivity contribution in [2.24, 2.45) is 5.41 Å². The molecule has 1 aromatic carbocycles. The molecule has 0 aliphatic carbocycles. The molecule has 0 radical (unpaired) electrons. The van der Waals surface area contributed by atoms with Crippen molar-refractivity contribution in [3.05, 3.63) is 64.5 Å². The van der Waals surface area contributed by atoms with Crippen molar-refractivity contribution in [2.45, 2.75) is 63.0 Å². The fourth-order valence-corrected chi connectivity index (χ4v) is 6.81. The average Bonchev–Trinajstić information content (AvgIpc) is 3.26. The number of rotatable bonds is 4. The molecule has 1 spiro atoms. The number of aliphatic hydroxyl groups is 1. The maximum absolute atomic E-state index is 13.2. The van der Waals surface area contributed by atoms with E-state index in [1.165, 1.54) is 17.0 Å². The number of pyridine rings is 1. The Labute approximate surface area is 234 Å². The van der Waals surface area contributed by atoms with E-state index in [9.17, 15) is 32.7 Å². The smallest absolute Gasteiger partial charge is 0.383 e. The monoisotopic (exact) mass is 572 g/mol. The number of benzene rings is 1. The molecule has 218 valence electrons. The van der Waals surface area contributed by atoms with E-state index in [1.54, 1.807) is 12.1 Å². The van der Waals surface area contributed by atoms with Crippen molar-refractivity contribution < 1.29 is 37.4 Å². The fourth-order valence-electron chi connectivity index (χ4n) is 6.81. The molecule has 2 atom stereocenters. The Morgan fingerprint density at radius 1 is 1.05 bits per heavy atom. The van der Waals surface area contributed by atoms with Gasteiger partial charge in [0, 0.05) is 44.7 Å². The number of carbonyl (C=O) groups excluding carboxylic acids is 3. The summed E-state index contributed by atoms with van der Waals surface area (Å²) in [6.45, 7) is 2.49. The first kappa shape index (κ1) is 27.8. The number of halogens is 3. The summed E-state index contributed by atoms with van der Waals surface area (Å²) >= 11 is 0. The number of piperidine rings is 2. The van der Waals surface area contributed by atoms with Gasteiger partial charge in [-0.1, -0.05) is 12.1 Å². The van der Waals surface area contributed by atoms with Crippen LogP contribution in [0.3, 0.4) is 0 Å². The van der Waals surface area contributed by atoms with Gasteiger partial charge >= 0.3 is 6.18 Å². The van der Waals surface area contributed by atoms with Crippen LogP contribution in [-0.2, 0) is 39.2 Å². The van der Waals surface area contributed by atoms with Crippen LogP contribution in [0.2, 0.25) is 0 Å². The number of aromatic nitrogens is 1. The normalized spacial score (nSPS) is 26.8. The standard InChI is InChI=1S/C29H31F3N4O5/c30-29(31,32)19-3-1-18(2-4-19)15-35-12-9-28(40,27(17-35)10-13-41-14-11-27)23-7-5-20-21(33-23)16-36(26(20)39)22-6-8-24(37)34-25(22)38/h1-5,7,22,40H,6,8-17H2,(H,34,37,38). The number of carbonyl (C=O) groups is 3. The van der Waals surface area contributed by atoms with Gasteiger partial charge in [0.2, 0.25) is 11.8 Å². The Morgan fingerprint density at radius 3 is 2.46 bits per heavy atom. The number of amides is 3. The molecule has 4 aliphatic heterocycles. The predicted molar refractivity (Wildman–Crippen MR) is 138 cm³/mol. The van der Waals surface area contributed by atoms with Crippen LogP contribution in [0.1, 0.15) is 65.0 Å². The molecule has 9 nitrogen and oxygen atoms in total. The third-order valence-electron chi connectivity index (χ3n) is 9.13. The summed E-state index contributed by atoms with van der Waals surface area (Å²) in [4.78, 5) is 45.5. The highest BCUT2D eigenvalue weighted by Crippen LogP contribution is 2.52. The number of hydrogen-bond acceptors (Lipinski definition) is 7. The summed E-state index contributed by atoms with van der Waals surface area (Å²) in [6.07, 6.45) is -2.48. The summed E-state index contributed by atoms with van der Waals surface area (Å²) in [5.41, 5.74) is -0.523. The van der Waals surface area contributed by atoms with Crippen LogP contribution in [0.25, 0.3) is 0 Å². The van der Waals surface area contributed by atoms with E-state index in [2.05, 4.69) is 10.2 Å². The summed E-state index contributed by atoms with van der Waals surface area (Å²) in [6, 6.07) is 7.76. The van der Waals surface area contributed by atoms with E-state index in [-0.39, 0.29) is 31.2 Å². The van der Waals surface area contributed by atoms with Crippen LogP contribution < -0.4 is 5.32 Å². The Hall–Kier alpha value is -3.35. The lowest BCUT2D eigenvalue weighted by Gasteiger charge is -2.55. The zero-order valence-electron chi connectivity index (χ0n) is 22.4. The molecule has 3 fully saturated rings. The first-order chi connectivity index (χ1) is 19.5. The number of nitrogens with zero attached hydrogens (tertiary/aromatic N) is 3. The number of ether oxygens (including phenoxy) is 1. The minimum Gasteiger partial charge on any atom is -0.383 e. The lowest BCUT2D eigenvalue weighted by Crippen LogP contribution is -2.60. The molecule has 12 heteroatoms. The molecular formula is C29H31F3N4O5. The van der Waals surface area contributed by atoms with Crippen LogP contribution in [0, 0.1) is 5.41 Å². The van der Waals surface area contributed by atoms with Crippen LogP contribution in [0.15, 0.2) is 36.4 Å². The van der Waals surface area contributed by atoms with E-state index in [1.807, 2.05) is 0 Å². The third-order valence-corrected chi connectivity index (χ3v) is 9.13. The Kier molecular flexibility index (Phi) is 6.90. The highest BCUT2D eigenvalue weighted by atomic mass is 19.4. The fraction of sp³-hybridized carbons (Fsp3) is 0.517. The zero-order chi connectivity index (χ0) is 29.0. The zero-order valence-corrected chi connectivity index (χ0v) is 22.4. The molecule has 2 N–H and O–H groups in total. The quantitative estimate of drug-likeness (QED) is 0.542. The second-order valence-corrected chi connectivity index (χ2v) is 11.5. The second-order valence-electron chi connectivity index (χ2n) is 11.5. The van der Waals surface area contributed by atoms with Gasteiger partial charge in [-0.2, -0.15) is 13.2 Å². The van der Waals surface area contributed by atoms with E-state index in [0.29, 0.717) is 69.1 Å². The van der Waals surface area contributed by atoms with Gasteiger partial charge in [0.25, 0.3) is 5.91 Å². The molecule has 1 aromatic heterocycles. The summed E-state index contributed by atoms with van der Waals surface area (Å²) in [5.74, 6) is -1.18. The average molecular weight is 573 g/mol. The van der Waals surface area contributed by atoms with Crippen molar-refractivity contribution in [3.63, 3.8) is 0 Å².